The van der Waals surface area contributed by atoms with E-state index in [1.807, 2.05) is 0 Å². The van der Waals surface area contributed by atoms with Crippen LogP contribution in [0.1, 0.15) is 23.0 Å². The zero-order chi connectivity index (χ0) is 17.9. The molecule has 0 aliphatic rings. The van der Waals surface area contributed by atoms with Gasteiger partial charge in [0.05, 0.1) is 5.56 Å². The van der Waals surface area contributed by atoms with Crippen molar-refractivity contribution in [3.05, 3.63) is 53.9 Å². The lowest BCUT2D eigenvalue weighted by molar-refractivity contribution is -0.137. The Morgan fingerprint density at radius 1 is 1.21 bits per heavy atom. The predicted octanol–water partition coefficient (Wildman–Crippen LogP) is 3.23. The predicted molar refractivity (Wildman–Crippen MR) is 80.4 cm³/mol. The molecule has 0 aliphatic heterocycles. The van der Waals surface area contributed by atoms with E-state index < -0.39 is 29.7 Å². The lowest BCUT2D eigenvalue weighted by Gasteiger charge is -2.14. The molecule has 1 atom stereocenters. The fourth-order valence-electron chi connectivity index (χ4n) is 1.96. The number of anilines is 1. The highest BCUT2D eigenvalue weighted by Gasteiger charge is 2.30. The van der Waals surface area contributed by atoms with E-state index >= 15 is 0 Å². The molecule has 2 rings (SSSR count). The maximum Gasteiger partial charge on any atom is 0.416 e. The van der Waals surface area contributed by atoms with E-state index in [0.717, 1.165) is 12.1 Å². The van der Waals surface area contributed by atoms with Gasteiger partial charge in [0.2, 0.25) is 0 Å². The quantitative estimate of drug-likeness (QED) is 0.870. The maximum absolute atomic E-state index is 12.6. The zero-order valence-electron chi connectivity index (χ0n) is 12.9. The first kappa shape index (κ1) is 17.6. The minimum Gasteiger partial charge on any atom is -0.448 e. The summed E-state index contributed by atoms with van der Waals surface area (Å²) in [7, 11) is 1.64. The van der Waals surface area contributed by atoms with Crippen molar-refractivity contribution < 1.29 is 27.5 Å². The third-order valence-corrected chi connectivity index (χ3v) is 3.26. The van der Waals surface area contributed by atoms with Gasteiger partial charge in [-0.25, -0.2) is 4.79 Å². The van der Waals surface area contributed by atoms with E-state index in [9.17, 15) is 22.8 Å². The number of carbonyl (C=O) groups is 2. The van der Waals surface area contributed by atoms with Crippen LogP contribution in [-0.2, 0) is 22.8 Å². The van der Waals surface area contributed by atoms with Crippen LogP contribution in [0.2, 0.25) is 0 Å². The molecule has 0 fully saturated rings. The van der Waals surface area contributed by atoms with Crippen molar-refractivity contribution in [3.63, 3.8) is 0 Å². The summed E-state index contributed by atoms with van der Waals surface area (Å²) in [6.07, 6.45) is -4.03. The number of nitrogens with one attached hydrogen (secondary N) is 1. The molecule has 128 valence electrons. The van der Waals surface area contributed by atoms with Gasteiger partial charge in [0.25, 0.3) is 5.91 Å². The average Bonchev–Trinajstić information content (AvgIpc) is 2.92. The number of esters is 1. The molecule has 1 unspecified atom stereocenters. The Morgan fingerprint density at radius 2 is 1.92 bits per heavy atom. The molecule has 0 bridgehead atoms. The van der Waals surface area contributed by atoms with Gasteiger partial charge in [0.1, 0.15) is 5.69 Å². The van der Waals surface area contributed by atoms with Gasteiger partial charge in [0.15, 0.2) is 6.10 Å². The topological polar surface area (TPSA) is 60.3 Å². The number of amides is 1. The summed E-state index contributed by atoms with van der Waals surface area (Å²) < 4.78 is 44.5. The fourth-order valence-corrected chi connectivity index (χ4v) is 1.96. The van der Waals surface area contributed by atoms with Gasteiger partial charge in [-0.3, -0.25) is 4.79 Å². The third-order valence-electron chi connectivity index (χ3n) is 3.26. The molecule has 0 saturated heterocycles. The normalized spacial score (nSPS) is 12.5. The van der Waals surface area contributed by atoms with Crippen LogP contribution < -0.4 is 5.32 Å². The summed E-state index contributed by atoms with van der Waals surface area (Å²) in [5.74, 6) is -1.42. The Kier molecular flexibility index (Phi) is 4.96. The van der Waals surface area contributed by atoms with Crippen LogP contribution in [0, 0.1) is 0 Å². The van der Waals surface area contributed by atoms with Crippen molar-refractivity contribution in [1.82, 2.24) is 4.57 Å². The van der Waals surface area contributed by atoms with Crippen molar-refractivity contribution in [2.45, 2.75) is 19.2 Å². The molecule has 1 aromatic heterocycles. The Balaban J connectivity index is 2.02. The van der Waals surface area contributed by atoms with Crippen LogP contribution >= 0.6 is 0 Å². The lowest BCUT2D eigenvalue weighted by atomic mass is 10.2. The standard InChI is InChI=1S/C16H15F3N2O3/c1-10(24-15(23)13-7-4-8-21(13)2)14(22)20-12-6-3-5-11(9-12)16(17,18)19/h3-10H,1-2H3,(H,20,22). The van der Waals surface area contributed by atoms with Crippen molar-refractivity contribution in [1.29, 1.82) is 0 Å². The number of hydrogen-bond acceptors (Lipinski definition) is 3. The molecule has 24 heavy (non-hydrogen) atoms. The average molecular weight is 340 g/mol. The van der Waals surface area contributed by atoms with Gasteiger partial charge in [-0.15, -0.1) is 0 Å². The third kappa shape index (κ3) is 4.15. The highest BCUT2D eigenvalue weighted by atomic mass is 19.4. The van der Waals surface area contributed by atoms with Crippen LogP contribution in [0.5, 0.6) is 0 Å². The monoisotopic (exact) mass is 340 g/mol. The maximum atomic E-state index is 12.6. The van der Waals surface area contributed by atoms with E-state index in [2.05, 4.69) is 5.32 Å². The van der Waals surface area contributed by atoms with Crippen LogP contribution in [0.15, 0.2) is 42.6 Å². The second kappa shape index (κ2) is 6.77. The molecule has 1 N–H and O–H groups in total. The fraction of sp³-hybridized carbons (Fsp3) is 0.250. The Bertz CT molecular complexity index is 753. The molecule has 0 saturated carbocycles. The first-order valence-electron chi connectivity index (χ1n) is 6.99. The summed E-state index contributed by atoms with van der Waals surface area (Å²) in [5, 5.41) is 2.30. The molecule has 1 amide bonds. The van der Waals surface area contributed by atoms with Crippen LogP contribution in [-0.4, -0.2) is 22.5 Å². The first-order valence-corrected chi connectivity index (χ1v) is 6.99. The minimum absolute atomic E-state index is 0.0309. The van der Waals surface area contributed by atoms with Crippen LogP contribution in [0.25, 0.3) is 0 Å². The number of nitrogens with zero attached hydrogens (tertiary/aromatic N) is 1. The first-order chi connectivity index (χ1) is 11.2. The van der Waals surface area contributed by atoms with Gasteiger partial charge in [0, 0.05) is 18.9 Å². The van der Waals surface area contributed by atoms with Gasteiger partial charge in [-0.2, -0.15) is 13.2 Å². The van der Waals surface area contributed by atoms with Crippen molar-refractivity contribution in [2.75, 3.05) is 5.32 Å². The summed E-state index contributed by atoms with van der Waals surface area (Å²) >= 11 is 0. The molecular formula is C16H15F3N2O3. The number of carbonyl (C=O) groups excluding carboxylic acids is 2. The summed E-state index contributed by atoms with van der Waals surface area (Å²) in [6, 6.07) is 7.37. The molecule has 2 aromatic rings. The van der Waals surface area contributed by atoms with Crippen molar-refractivity contribution in [2.24, 2.45) is 7.05 Å². The number of ether oxygens (including phenoxy) is 1. The summed E-state index contributed by atoms with van der Waals surface area (Å²) in [5.41, 5.74) is -0.654. The van der Waals surface area contributed by atoms with Gasteiger partial charge < -0.3 is 14.6 Å². The van der Waals surface area contributed by atoms with E-state index in [1.54, 1.807) is 19.3 Å². The van der Waals surface area contributed by atoms with Gasteiger partial charge in [-0.05, 0) is 37.3 Å². The summed E-state index contributed by atoms with van der Waals surface area (Å²) in [4.78, 5) is 23.9. The number of aryl methyl sites for hydroxylation is 1. The number of rotatable bonds is 4. The minimum atomic E-state index is -4.51. The van der Waals surface area contributed by atoms with Crippen LogP contribution in [0.4, 0.5) is 18.9 Å². The van der Waals surface area contributed by atoms with Gasteiger partial charge in [-0.1, -0.05) is 6.07 Å². The van der Waals surface area contributed by atoms with E-state index in [1.165, 1.54) is 29.7 Å². The molecule has 0 aliphatic carbocycles. The van der Waals surface area contributed by atoms with E-state index in [4.69, 9.17) is 4.74 Å². The Morgan fingerprint density at radius 3 is 2.50 bits per heavy atom. The highest BCUT2D eigenvalue weighted by Crippen LogP contribution is 2.30. The molecule has 0 radical (unpaired) electrons. The Labute approximate surface area is 136 Å². The lowest BCUT2D eigenvalue weighted by Crippen LogP contribution is -2.30. The second-order valence-electron chi connectivity index (χ2n) is 5.12. The highest BCUT2D eigenvalue weighted by molar-refractivity contribution is 5.96. The smallest absolute Gasteiger partial charge is 0.416 e. The molecule has 8 heteroatoms. The molecule has 0 spiro atoms. The molecule has 5 nitrogen and oxygen atoms in total. The number of alkyl halides is 3. The van der Waals surface area contributed by atoms with Gasteiger partial charge >= 0.3 is 12.1 Å². The SMILES string of the molecule is CC(OC(=O)c1cccn1C)C(=O)Nc1cccc(C(F)(F)F)c1. The van der Waals surface area contributed by atoms with Crippen molar-refractivity contribution in [3.8, 4) is 0 Å². The summed E-state index contributed by atoms with van der Waals surface area (Å²) in [6.45, 7) is 1.34. The molecular weight excluding hydrogens is 325 g/mol. The van der Waals surface area contributed by atoms with Crippen LogP contribution in [0.3, 0.4) is 0 Å². The van der Waals surface area contributed by atoms with Crippen molar-refractivity contribution >= 4 is 17.6 Å². The Hall–Kier alpha value is -2.77. The largest absolute Gasteiger partial charge is 0.448 e. The second-order valence-corrected chi connectivity index (χ2v) is 5.12. The number of halogens is 3. The van der Waals surface area contributed by atoms with E-state index in [-0.39, 0.29) is 11.4 Å². The molecule has 1 aromatic carbocycles. The number of benzene rings is 1. The molecule has 1 heterocycles. The number of hydrogen-bond donors (Lipinski definition) is 1. The zero-order valence-corrected chi connectivity index (χ0v) is 12.9. The number of aromatic nitrogens is 1. The van der Waals surface area contributed by atoms with E-state index in [0.29, 0.717) is 0 Å².